The van der Waals surface area contributed by atoms with Gasteiger partial charge in [0.2, 0.25) is 17.5 Å². The van der Waals surface area contributed by atoms with Crippen LogP contribution in [0.2, 0.25) is 0 Å². The third-order valence-corrected chi connectivity index (χ3v) is 9.34. The second-order valence-electron chi connectivity index (χ2n) is 13.9. The molecule has 290 valence electrons. The van der Waals surface area contributed by atoms with E-state index in [0.717, 1.165) is 68.5 Å². The predicted octanol–water partition coefficient (Wildman–Crippen LogP) is 6.84. The first-order valence-electron chi connectivity index (χ1n) is 17.8. The van der Waals surface area contributed by atoms with Crippen LogP contribution in [-0.4, -0.2) is 45.3 Å². The maximum absolute atomic E-state index is 13.9. The molecule has 1 atom stereocenters. The summed E-state index contributed by atoms with van der Waals surface area (Å²) in [6, 6.07) is 10.7. The van der Waals surface area contributed by atoms with Crippen molar-refractivity contribution in [3.05, 3.63) is 116 Å². The Hall–Kier alpha value is -6.06. The fraction of sp³-hybridized carbons (Fsp3) is 0.333. The number of benzene rings is 2. The van der Waals surface area contributed by atoms with E-state index < -0.39 is 51.7 Å². The molecule has 0 saturated heterocycles. The van der Waals surface area contributed by atoms with Crippen LogP contribution < -0.4 is 32.4 Å². The fourth-order valence-electron chi connectivity index (χ4n) is 5.92. The minimum absolute atomic E-state index is 0.0543. The Balaban J connectivity index is 1.41. The summed E-state index contributed by atoms with van der Waals surface area (Å²) in [5, 5.41) is 10.9. The lowest BCUT2D eigenvalue weighted by Crippen LogP contribution is -2.39. The normalized spacial score (nSPS) is 14.6. The molecule has 16 heteroatoms. The molecule has 0 aliphatic heterocycles. The largest absolute Gasteiger partial charge is 0.312 e. The Kier molecular flexibility index (Phi) is 12.7. The zero-order valence-corrected chi connectivity index (χ0v) is 30.7. The number of hydrogen-bond donors (Lipinski definition) is 6. The standard InChI is InChI=1S/C39H42F4N8O4/c1-5-39(3,4)51-38(50-35(54)24-12-15-28(41)30(43)18-24)47-31-16-13-26(36(55)46-31)25-19-32(45-33(52)20-25)48-37(44-21(2)22-9-7-6-8-10-22)49-34(53)23-11-14-27(40)29(42)17-23/h11-22H,5-10H2,1-4H3,(H3,44,45,48,49,52,53)(H3,46,47,50,51,54,55). The van der Waals surface area contributed by atoms with Gasteiger partial charge < -0.3 is 20.6 Å². The minimum atomic E-state index is -1.20. The van der Waals surface area contributed by atoms with Crippen LogP contribution in [0.25, 0.3) is 11.1 Å². The summed E-state index contributed by atoms with van der Waals surface area (Å²) in [5.74, 6) is -5.88. The number of carbonyl (C=O) groups is 2. The predicted molar refractivity (Wildman–Crippen MR) is 203 cm³/mol. The number of aliphatic imine (C=N–C) groups is 2. The molecule has 2 aromatic heterocycles. The van der Waals surface area contributed by atoms with Crippen molar-refractivity contribution < 1.29 is 27.2 Å². The van der Waals surface area contributed by atoms with Gasteiger partial charge in [0.25, 0.3) is 17.4 Å². The van der Waals surface area contributed by atoms with Gasteiger partial charge in [-0.05, 0) is 106 Å². The lowest BCUT2D eigenvalue weighted by atomic mass is 9.85. The van der Waals surface area contributed by atoms with E-state index in [1.165, 1.54) is 24.3 Å². The van der Waals surface area contributed by atoms with Gasteiger partial charge in [0.1, 0.15) is 11.6 Å². The first kappa shape index (κ1) is 40.1. The van der Waals surface area contributed by atoms with E-state index in [9.17, 15) is 36.7 Å². The molecule has 0 spiro atoms. The molecule has 0 radical (unpaired) electrons. The van der Waals surface area contributed by atoms with Gasteiger partial charge in [0, 0.05) is 22.8 Å². The maximum Gasteiger partial charge on any atom is 0.258 e. The number of pyridine rings is 2. The molecule has 55 heavy (non-hydrogen) atoms. The van der Waals surface area contributed by atoms with Crippen LogP contribution in [0.5, 0.6) is 0 Å². The summed E-state index contributed by atoms with van der Waals surface area (Å²) in [6.45, 7) is 7.41. The van der Waals surface area contributed by atoms with Crippen molar-refractivity contribution in [2.75, 3.05) is 10.6 Å². The highest BCUT2D eigenvalue weighted by atomic mass is 19.2. The van der Waals surface area contributed by atoms with E-state index in [2.05, 4.69) is 36.2 Å². The fourth-order valence-corrected chi connectivity index (χ4v) is 5.92. The summed E-state index contributed by atoms with van der Waals surface area (Å²) in [5.41, 5.74) is -1.94. The molecule has 2 amide bonds. The van der Waals surface area contributed by atoms with Crippen molar-refractivity contribution in [3.63, 3.8) is 0 Å². The average Bonchev–Trinajstić information content (AvgIpc) is 3.13. The van der Waals surface area contributed by atoms with Crippen LogP contribution >= 0.6 is 0 Å². The minimum Gasteiger partial charge on any atom is -0.312 e. The van der Waals surface area contributed by atoms with E-state index >= 15 is 0 Å². The van der Waals surface area contributed by atoms with Crippen molar-refractivity contribution >= 4 is 35.4 Å². The summed E-state index contributed by atoms with van der Waals surface area (Å²) in [7, 11) is 0. The number of amides is 2. The van der Waals surface area contributed by atoms with Gasteiger partial charge >= 0.3 is 0 Å². The number of rotatable bonds is 9. The van der Waals surface area contributed by atoms with Crippen LogP contribution in [0, 0.1) is 29.2 Å². The molecule has 2 aromatic carbocycles. The summed E-state index contributed by atoms with van der Waals surface area (Å²) in [6.07, 6.45) is 5.66. The molecule has 6 N–H and O–H groups in total. The van der Waals surface area contributed by atoms with Gasteiger partial charge in [-0.15, -0.1) is 0 Å². The number of halogens is 4. The highest BCUT2D eigenvalue weighted by molar-refractivity contribution is 6.10. The second-order valence-corrected chi connectivity index (χ2v) is 13.9. The quantitative estimate of drug-likeness (QED) is 0.0619. The highest BCUT2D eigenvalue weighted by Gasteiger charge is 2.22. The molecule has 1 aliphatic rings. The first-order chi connectivity index (χ1) is 26.1. The molecule has 2 heterocycles. The first-order valence-corrected chi connectivity index (χ1v) is 17.8. The number of aromatic amines is 2. The second kappa shape index (κ2) is 17.4. The van der Waals surface area contributed by atoms with Gasteiger partial charge in [-0.25, -0.2) is 27.5 Å². The van der Waals surface area contributed by atoms with Crippen molar-refractivity contribution in [3.8, 4) is 11.1 Å². The summed E-state index contributed by atoms with van der Waals surface area (Å²) < 4.78 is 54.8. The average molecular weight is 763 g/mol. The number of guanidine groups is 2. The van der Waals surface area contributed by atoms with Gasteiger partial charge in [-0.1, -0.05) is 26.2 Å². The zero-order chi connectivity index (χ0) is 39.9. The molecule has 5 rings (SSSR count). The van der Waals surface area contributed by atoms with E-state index in [-0.39, 0.29) is 57.8 Å². The number of hydrogen-bond acceptors (Lipinski definition) is 6. The molecular formula is C39H42F4N8O4. The Bertz CT molecular complexity index is 2250. The smallest absolute Gasteiger partial charge is 0.258 e. The van der Waals surface area contributed by atoms with Crippen LogP contribution in [-0.2, 0) is 0 Å². The lowest BCUT2D eigenvalue weighted by Gasteiger charge is -2.26. The number of nitrogens with zero attached hydrogens (tertiary/aromatic N) is 2. The lowest BCUT2D eigenvalue weighted by molar-refractivity contribution is 0.0967. The number of nitrogens with one attached hydrogen (secondary N) is 6. The van der Waals surface area contributed by atoms with Gasteiger partial charge in [-0.3, -0.25) is 29.8 Å². The zero-order valence-electron chi connectivity index (χ0n) is 30.7. The Labute approximate surface area is 314 Å². The number of carbonyl (C=O) groups excluding carboxylic acids is 2. The van der Waals surface area contributed by atoms with E-state index in [4.69, 9.17) is 4.99 Å². The van der Waals surface area contributed by atoms with Gasteiger partial charge in [0.15, 0.2) is 23.3 Å². The number of anilines is 2. The van der Waals surface area contributed by atoms with Crippen molar-refractivity contribution in [2.45, 2.75) is 77.8 Å². The molecule has 1 fully saturated rings. The number of H-pyrrole nitrogens is 2. The van der Waals surface area contributed by atoms with Crippen molar-refractivity contribution in [2.24, 2.45) is 15.9 Å². The van der Waals surface area contributed by atoms with Crippen LogP contribution in [0.4, 0.5) is 29.2 Å². The monoisotopic (exact) mass is 762 g/mol. The Morgan fingerprint density at radius 1 is 0.764 bits per heavy atom. The molecule has 1 saturated carbocycles. The third-order valence-electron chi connectivity index (χ3n) is 9.34. The van der Waals surface area contributed by atoms with Crippen molar-refractivity contribution in [1.29, 1.82) is 0 Å². The summed E-state index contributed by atoms with van der Waals surface area (Å²) in [4.78, 5) is 66.9. The van der Waals surface area contributed by atoms with E-state index in [0.29, 0.717) is 6.42 Å². The van der Waals surface area contributed by atoms with Gasteiger partial charge in [-0.2, -0.15) is 0 Å². The van der Waals surface area contributed by atoms with Crippen LogP contribution in [0.3, 0.4) is 0 Å². The Morgan fingerprint density at radius 2 is 1.35 bits per heavy atom. The molecule has 1 unspecified atom stereocenters. The van der Waals surface area contributed by atoms with Crippen LogP contribution in [0.15, 0.2) is 80.2 Å². The molecule has 12 nitrogen and oxygen atoms in total. The summed E-state index contributed by atoms with van der Waals surface area (Å²) >= 11 is 0. The SMILES string of the molecule is CCC(C)(C)N=C(NC(=O)c1ccc(F)c(F)c1)Nc1ccc(-c2cc(NC(=NC(C)C3CCCCC3)NC(=O)c3ccc(F)c(F)c3)[nH]c(=O)c2)c(=O)[nH]1. The molecule has 1 aliphatic carbocycles. The molecule has 4 aromatic rings. The van der Waals surface area contributed by atoms with E-state index in [1.54, 1.807) is 0 Å². The molecular weight excluding hydrogens is 720 g/mol. The highest BCUT2D eigenvalue weighted by Crippen LogP contribution is 2.28. The Morgan fingerprint density at radius 3 is 1.91 bits per heavy atom. The maximum atomic E-state index is 13.9. The van der Waals surface area contributed by atoms with E-state index in [1.807, 2.05) is 27.7 Å². The van der Waals surface area contributed by atoms with Crippen LogP contribution in [0.1, 0.15) is 86.9 Å². The third kappa shape index (κ3) is 10.8. The molecule has 0 bridgehead atoms. The number of aromatic nitrogens is 2. The van der Waals surface area contributed by atoms with Crippen molar-refractivity contribution in [1.82, 2.24) is 20.6 Å². The van der Waals surface area contributed by atoms with Gasteiger partial charge in [0.05, 0.1) is 11.6 Å². The topological polar surface area (TPSA) is 173 Å².